The first kappa shape index (κ1) is 17.7. The molecule has 25 heavy (non-hydrogen) atoms. The molecule has 1 atom stereocenters. The maximum absolute atomic E-state index is 12.7. The molecule has 1 fully saturated rings. The molecule has 132 valence electrons. The number of hydrogen-bond acceptors (Lipinski definition) is 4. The third kappa shape index (κ3) is 4.30. The molecule has 5 nitrogen and oxygen atoms in total. The Hall–Kier alpha value is -2.11. The van der Waals surface area contributed by atoms with E-state index in [2.05, 4.69) is 16.0 Å². The number of aromatic nitrogens is 1. The van der Waals surface area contributed by atoms with Crippen molar-refractivity contribution in [2.75, 3.05) is 31.1 Å². The van der Waals surface area contributed by atoms with Crippen molar-refractivity contribution in [2.24, 2.45) is 0 Å². The summed E-state index contributed by atoms with van der Waals surface area (Å²) in [5.74, 6) is -0.268. The van der Waals surface area contributed by atoms with Crippen molar-refractivity contribution in [3.05, 3.63) is 58.9 Å². The van der Waals surface area contributed by atoms with E-state index < -0.39 is 6.10 Å². The Balaban J connectivity index is 1.67. The first-order valence-corrected chi connectivity index (χ1v) is 8.82. The van der Waals surface area contributed by atoms with Crippen molar-refractivity contribution in [1.82, 2.24) is 9.88 Å². The van der Waals surface area contributed by atoms with Gasteiger partial charge < -0.3 is 14.9 Å². The van der Waals surface area contributed by atoms with Crippen LogP contribution in [0.15, 0.2) is 42.6 Å². The minimum absolute atomic E-state index is 0.268. The van der Waals surface area contributed by atoms with Gasteiger partial charge in [0.25, 0.3) is 5.91 Å². The zero-order valence-electron chi connectivity index (χ0n) is 14.2. The number of aryl methyl sites for hydroxylation is 1. The number of aliphatic hydroxyl groups is 1. The summed E-state index contributed by atoms with van der Waals surface area (Å²) in [4.78, 5) is 20.9. The lowest BCUT2D eigenvalue weighted by molar-refractivity contribution is -0.140. The Kier molecular flexibility index (Phi) is 5.56. The number of amides is 1. The van der Waals surface area contributed by atoms with Crippen LogP contribution in [0.1, 0.15) is 23.8 Å². The first-order valence-electron chi connectivity index (χ1n) is 8.44. The number of anilines is 1. The van der Waals surface area contributed by atoms with Gasteiger partial charge in [-0.15, -0.1) is 0 Å². The lowest BCUT2D eigenvalue weighted by atomic mass is 10.1. The number of hydrogen-bond donors (Lipinski definition) is 1. The molecular weight excluding hydrogens is 338 g/mol. The van der Waals surface area contributed by atoms with E-state index in [1.807, 2.05) is 13.0 Å². The highest BCUT2D eigenvalue weighted by Crippen LogP contribution is 2.22. The Bertz CT molecular complexity index is 753. The second-order valence-corrected chi connectivity index (χ2v) is 6.72. The van der Waals surface area contributed by atoms with Crippen LogP contribution in [-0.2, 0) is 4.79 Å². The van der Waals surface area contributed by atoms with E-state index >= 15 is 0 Å². The molecule has 2 aromatic rings. The van der Waals surface area contributed by atoms with E-state index in [9.17, 15) is 9.90 Å². The van der Waals surface area contributed by atoms with Crippen LogP contribution in [0.5, 0.6) is 0 Å². The summed E-state index contributed by atoms with van der Waals surface area (Å²) in [5.41, 5.74) is 2.63. The zero-order valence-corrected chi connectivity index (χ0v) is 15.0. The molecule has 0 bridgehead atoms. The van der Waals surface area contributed by atoms with Crippen LogP contribution in [0, 0.1) is 6.92 Å². The molecular formula is C19H22ClN3O2. The van der Waals surface area contributed by atoms with E-state index in [0.29, 0.717) is 23.7 Å². The van der Waals surface area contributed by atoms with Crippen molar-refractivity contribution in [3.63, 3.8) is 0 Å². The summed E-state index contributed by atoms with van der Waals surface area (Å²) >= 11 is 5.96. The number of benzene rings is 1. The van der Waals surface area contributed by atoms with E-state index in [4.69, 9.17) is 11.6 Å². The van der Waals surface area contributed by atoms with Crippen LogP contribution < -0.4 is 4.90 Å². The van der Waals surface area contributed by atoms with Crippen LogP contribution >= 0.6 is 11.6 Å². The maximum Gasteiger partial charge on any atom is 0.256 e. The van der Waals surface area contributed by atoms with Gasteiger partial charge in [0.1, 0.15) is 0 Å². The van der Waals surface area contributed by atoms with Gasteiger partial charge in [0.05, 0.1) is 0 Å². The molecule has 0 radical (unpaired) electrons. The fourth-order valence-corrected chi connectivity index (χ4v) is 3.31. The van der Waals surface area contributed by atoms with E-state index in [1.165, 1.54) is 0 Å². The Morgan fingerprint density at radius 2 is 2.04 bits per heavy atom. The lowest BCUT2D eigenvalue weighted by Crippen LogP contribution is -2.38. The predicted molar refractivity (Wildman–Crippen MR) is 98.8 cm³/mol. The van der Waals surface area contributed by atoms with Crippen LogP contribution in [0.2, 0.25) is 5.02 Å². The summed E-state index contributed by atoms with van der Waals surface area (Å²) < 4.78 is 0. The largest absolute Gasteiger partial charge is 0.378 e. The van der Waals surface area contributed by atoms with E-state index in [0.717, 1.165) is 30.9 Å². The van der Waals surface area contributed by atoms with Crippen LogP contribution in [-0.4, -0.2) is 47.1 Å². The topological polar surface area (TPSA) is 56.7 Å². The highest BCUT2D eigenvalue weighted by molar-refractivity contribution is 6.30. The van der Waals surface area contributed by atoms with Crippen LogP contribution in [0.25, 0.3) is 0 Å². The van der Waals surface area contributed by atoms with Gasteiger partial charge in [0, 0.05) is 48.8 Å². The number of pyridine rings is 1. The summed E-state index contributed by atoms with van der Waals surface area (Å²) in [6.45, 7) is 4.80. The Morgan fingerprint density at radius 3 is 2.80 bits per heavy atom. The smallest absolute Gasteiger partial charge is 0.256 e. The molecule has 6 heteroatoms. The number of halogens is 1. The second kappa shape index (κ2) is 7.85. The highest BCUT2D eigenvalue weighted by Gasteiger charge is 2.26. The number of nitrogens with zero attached hydrogens (tertiary/aromatic N) is 3. The fraction of sp³-hybridized carbons (Fsp3) is 0.368. The van der Waals surface area contributed by atoms with Gasteiger partial charge in [0.15, 0.2) is 6.10 Å². The molecule has 0 aliphatic carbocycles. The van der Waals surface area contributed by atoms with Gasteiger partial charge in [-0.05, 0) is 43.2 Å². The van der Waals surface area contributed by atoms with E-state index in [1.54, 1.807) is 35.4 Å². The van der Waals surface area contributed by atoms with Gasteiger partial charge in [-0.2, -0.15) is 0 Å². The molecule has 1 N–H and O–H groups in total. The molecule has 3 rings (SSSR count). The van der Waals surface area contributed by atoms with Crippen LogP contribution in [0.4, 0.5) is 5.69 Å². The average Bonchev–Trinajstić information content (AvgIpc) is 2.86. The normalized spacial score (nSPS) is 16.4. The number of rotatable bonds is 3. The van der Waals surface area contributed by atoms with Gasteiger partial charge in [0.2, 0.25) is 0 Å². The summed E-state index contributed by atoms with van der Waals surface area (Å²) in [6, 6.07) is 10.9. The van der Waals surface area contributed by atoms with Crippen molar-refractivity contribution < 1.29 is 9.90 Å². The molecule has 2 heterocycles. The number of carbonyl (C=O) groups is 1. The SMILES string of the molecule is Cc1cc(N2CCCN(C(=O)[C@H](O)c3cccc(Cl)c3)CC2)ccn1. The van der Waals surface area contributed by atoms with Crippen molar-refractivity contribution >= 4 is 23.2 Å². The summed E-state index contributed by atoms with van der Waals surface area (Å²) in [6.07, 6.45) is 1.49. The zero-order chi connectivity index (χ0) is 17.8. The molecule has 1 saturated heterocycles. The molecule has 1 aromatic heterocycles. The van der Waals surface area contributed by atoms with Gasteiger partial charge in [-0.25, -0.2) is 0 Å². The highest BCUT2D eigenvalue weighted by atomic mass is 35.5. The number of carbonyl (C=O) groups excluding carboxylic acids is 1. The Morgan fingerprint density at radius 1 is 1.20 bits per heavy atom. The van der Waals surface area contributed by atoms with E-state index in [-0.39, 0.29) is 5.91 Å². The quantitative estimate of drug-likeness (QED) is 0.915. The van der Waals surface area contributed by atoms with Crippen molar-refractivity contribution in [2.45, 2.75) is 19.4 Å². The predicted octanol–water partition coefficient (Wildman–Crippen LogP) is 2.82. The first-order chi connectivity index (χ1) is 12.0. The van der Waals surface area contributed by atoms with Gasteiger partial charge in [-0.3, -0.25) is 9.78 Å². The van der Waals surface area contributed by atoms with Gasteiger partial charge in [-0.1, -0.05) is 23.7 Å². The molecule has 1 aliphatic heterocycles. The average molecular weight is 360 g/mol. The minimum atomic E-state index is -1.17. The molecule has 0 saturated carbocycles. The monoisotopic (exact) mass is 359 g/mol. The van der Waals surface area contributed by atoms with Gasteiger partial charge >= 0.3 is 0 Å². The molecule has 1 aromatic carbocycles. The molecule has 0 unspecified atom stereocenters. The molecule has 1 amide bonds. The van der Waals surface area contributed by atoms with Crippen LogP contribution in [0.3, 0.4) is 0 Å². The number of aliphatic hydroxyl groups excluding tert-OH is 1. The molecule has 0 spiro atoms. The Labute approximate surface area is 152 Å². The van der Waals surface area contributed by atoms with Crippen molar-refractivity contribution in [3.8, 4) is 0 Å². The third-order valence-electron chi connectivity index (χ3n) is 4.45. The lowest BCUT2D eigenvalue weighted by Gasteiger charge is -2.25. The standard InChI is InChI=1S/C19H22ClN3O2/c1-14-12-17(6-7-21-14)22-8-3-9-23(11-10-22)19(25)18(24)15-4-2-5-16(20)13-15/h2,4-7,12-13,18,24H,3,8-11H2,1H3/t18-/m1/s1. The summed E-state index contributed by atoms with van der Waals surface area (Å²) in [5, 5.41) is 10.9. The minimum Gasteiger partial charge on any atom is -0.378 e. The second-order valence-electron chi connectivity index (χ2n) is 6.28. The maximum atomic E-state index is 12.7. The van der Waals surface area contributed by atoms with Crippen molar-refractivity contribution in [1.29, 1.82) is 0 Å². The summed E-state index contributed by atoms with van der Waals surface area (Å²) in [7, 11) is 0. The molecule has 1 aliphatic rings. The third-order valence-corrected chi connectivity index (χ3v) is 4.69. The fourth-order valence-electron chi connectivity index (χ4n) is 3.12.